The van der Waals surface area contributed by atoms with Crippen molar-refractivity contribution in [1.29, 1.82) is 0 Å². The lowest BCUT2D eigenvalue weighted by molar-refractivity contribution is 0.846. The smallest absolute Gasteiger partial charge is 0.172 e. The van der Waals surface area contributed by atoms with E-state index >= 15 is 0 Å². The topological polar surface area (TPSA) is 41.1 Å². The lowest BCUT2D eigenvalue weighted by Gasteiger charge is -2.26. The van der Waals surface area contributed by atoms with Crippen LogP contribution in [0.5, 0.6) is 0 Å². The van der Waals surface area contributed by atoms with Crippen LogP contribution in [-0.4, -0.2) is 30.3 Å². The fraction of sp³-hybridized carbons (Fsp3) is 0.500. The van der Waals surface area contributed by atoms with Gasteiger partial charge in [0.25, 0.3) is 0 Å². The standard InChI is InChI=1S/C8H12N4/c1-6-5-7-8(11-10-6)9-3-4-12(7)2/h5H,3-4H2,1-2H3,(H,9,11). The molecule has 0 bridgehead atoms. The number of aryl methyl sites for hydroxylation is 1. The van der Waals surface area contributed by atoms with E-state index in [2.05, 4.69) is 33.5 Å². The molecule has 1 aromatic rings. The summed E-state index contributed by atoms with van der Waals surface area (Å²) in [6.45, 7) is 3.93. The summed E-state index contributed by atoms with van der Waals surface area (Å²) in [5.41, 5.74) is 2.11. The van der Waals surface area contributed by atoms with Gasteiger partial charge in [-0.3, -0.25) is 0 Å². The molecular formula is C8H12N4. The van der Waals surface area contributed by atoms with Gasteiger partial charge in [0.05, 0.1) is 11.4 Å². The molecule has 0 aromatic carbocycles. The van der Waals surface area contributed by atoms with Crippen molar-refractivity contribution in [3.8, 4) is 0 Å². The molecule has 64 valence electrons. The van der Waals surface area contributed by atoms with Gasteiger partial charge in [0.2, 0.25) is 0 Å². The van der Waals surface area contributed by atoms with E-state index < -0.39 is 0 Å². The second kappa shape index (κ2) is 2.62. The van der Waals surface area contributed by atoms with Gasteiger partial charge in [-0.1, -0.05) is 0 Å². The van der Waals surface area contributed by atoms with E-state index in [9.17, 15) is 0 Å². The van der Waals surface area contributed by atoms with E-state index in [4.69, 9.17) is 0 Å². The molecule has 2 heterocycles. The predicted molar refractivity (Wildman–Crippen MR) is 48.5 cm³/mol. The Kier molecular flexibility index (Phi) is 1.60. The largest absolute Gasteiger partial charge is 0.370 e. The van der Waals surface area contributed by atoms with E-state index in [0.29, 0.717) is 0 Å². The average Bonchev–Trinajstić information content (AvgIpc) is 2.07. The van der Waals surface area contributed by atoms with Crippen LogP contribution >= 0.6 is 0 Å². The number of fused-ring (bicyclic) bond motifs is 1. The molecule has 12 heavy (non-hydrogen) atoms. The molecule has 0 unspecified atom stereocenters. The van der Waals surface area contributed by atoms with E-state index in [1.54, 1.807) is 0 Å². The molecular weight excluding hydrogens is 152 g/mol. The average molecular weight is 164 g/mol. The number of aromatic nitrogens is 2. The highest BCUT2D eigenvalue weighted by Crippen LogP contribution is 2.24. The molecule has 1 aliphatic rings. The Morgan fingerprint density at radius 1 is 1.50 bits per heavy atom. The molecule has 2 rings (SSSR count). The molecule has 0 saturated carbocycles. The Bertz CT molecular complexity index is 297. The minimum Gasteiger partial charge on any atom is -0.370 e. The highest BCUT2D eigenvalue weighted by atomic mass is 15.3. The first-order valence-electron chi connectivity index (χ1n) is 4.07. The first-order valence-corrected chi connectivity index (χ1v) is 4.07. The van der Waals surface area contributed by atoms with Crippen LogP contribution in [0.3, 0.4) is 0 Å². The van der Waals surface area contributed by atoms with Crippen molar-refractivity contribution >= 4 is 11.5 Å². The Morgan fingerprint density at radius 2 is 2.33 bits per heavy atom. The van der Waals surface area contributed by atoms with Gasteiger partial charge in [0.1, 0.15) is 0 Å². The minimum atomic E-state index is 0.898. The first kappa shape index (κ1) is 7.34. The van der Waals surface area contributed by atoms with Crippen LogP contribution in [0.25, 0.3) is 0 Å². The van der Waals surface area contributed by atoms with Crippen molar-refractivity contribution in [3.63, 3.8) is 0 Å². The maximum absolute atomic E-state index is 4.07. The minimum absolute atomic E-state index is 0.898. The van der Waals surface area contributed by atoms with Gasteiger partial charge in [0, 0.05) is 20.1 Å². The van der Waals surface area contributed by atoms with Crippen LogP contribution in [-0.2, 0) is 0 Å². The molecule has 0 fully saturated rings. The second-order valence-corrected chi connectivity index (χ2v) is 3.07. The number of likely N-dealkylation sites (N-methyl/N-ethyl adjacent to an activating group) is 1. The summed E-state index contributed by atoms with van der Waals surface area (Å²) in [7, 11) is 2.07. The molecule has 0 saturated heterocycles. The van der Waals surface area contributed by atoms with E-state index in [-0.39, 0.29) is 0 Å². The van der Waals surface area contributed by atoms with Gasteiger partial charge < -0.3 is 10.2 Å². The lowest BCUT2D eigenvalue weighted by atomic mass is 10.3. The number of nitrogens with one attached hydrogen (secondary N) is 1. The SMILES string of the molecule is Cc1cc2c(nn1)NCCN2C. The van der Waals surface area contributed by atoms with Crippen molar-refractivity contribution in [3.05, 3.63) is 11.8 Å². The summed E-state index contributed by atoms with van der Waals surface area (Å²) >= 11 is 0. The summed E-state index contributed by atoms with van der Waals surface area (Å²) in [6, 6.07) is 2.05. The third-order valence-corrected chi connectivity index (χ3v) is 2.05. The highest BCUT2D eigenvalue weighted by Gasteiger charge is 2.14. The zero-order chi connectivity index (χ0) is 8.55. The molecule has 0 amide bonds. The van der Waals surface area contributed by atoms with Crippen LogP contribution in [0.15, 0.2) is 6.07 Å². The van der Waals surface area contributed by atoms with Crippen molar-refractivity contribution in [2.75, 3.05) is 30.4 Å². The van der Waals surface area contributed by atoms with Crippen LogP contribution in [0.4, 0.5) is 11.5 Å². The molecule has 1 aromatic heterocycles. The Labute approximate surface area is 71.6 Å². The lowest BCUT2D eigenvalue weighted by Crippen LogP contribution is -2.31. The molecule has 1 N–H and O–H groups in total. The van der Waals surface area contributed by atoms with Crippen LogP contribution < -0.4 is 10.2 Å². The number of rotatable bonds is 0. The summed E-state index contributed by atoms with van der Waals surface area (Å²) in [6.07, 6.45) is 0. The van der Waals surface area contributed by atoms with Gasteiger partial charge in [-0.05, 0) is 13.0 Å². The predicted octanol–water partition coefficient (Wildman–Crippen LogP) is 0.647. The number of nitrogens with zero attached hydrogens (tertiary/aromatic N) is 3. The third kappa shape index (κ3) is 1.09. The molecule has 0 atom stereocenters. The third-order valence-electron chi connectivity index (χ3n) is 2.05. The molecule has 1 aliphatic heterocycles. The normalized spacial score (nSPS) is 15.3. The van der Waals surface area contributed by atoms with Crippen LogP contribution in [0.2, 0.25) is 0 Å². The fourth-order valence-corrected chi connectivity index (χ4v) is 1.35. The summed E-state index contributed by atoms with van der Waals surface area (Å²) < 4.78 is 0. The highest BCUT2D eigenvalue weighted by molar-refractivity contribution is 5.67. The van der Waals surface area contributed by atoms with Crippen LogP contribution in [0.1, 0.15) is 5.69 Å². The first-order chi connectivity index (χ1) is 5.77. The zero-order valence-corrected chi connectivity index (χ0v) is 7.33. The fourth-order valence-electron chi connectivity index (χ4n) is 1.35. The monoisotopic (exact) mass is 164 g/mol. The molecule has 0 radical (unpaired) electrons. The van der Waals surface area contributed by atoms with Crippen LogP contribution in [0, 0.1) is 6.92 Å². The zero-order valence-electron chi connectivity index (χ0n) is 7.33. The van der Waals surface area contributed by atoms with Gasteiger partial charge in [-0.2, -0.15) is 5.10 Å². The maximum Gasteiger partial charge on any atom is 0.172 e. The van der Waals surface area contributed by atoms with Gasteiger partial charge in [0.15, 0.2) is 5.82 Å². The summed E-state index contributed by atoms with van der Waals surface area (Å²) in [5.74, 6) is 0.898. The van der Waals surface area contributed by atoms with Crippen molar-refractivity contribution in [2.24, 2.45) is 0 Å². The summed E-state index contributed by atoms with van der Waals surface area (Å²) in [5, 5.41) is 11.3. The van der Waals surface area contributed by atoms with E-state index in [1.807, 2.05) is 6.92 Å². The van der Waals surface area contributed by atoms with Gasteiger partial charge in [-0.25, -0.2) is 0 Å². The Hall–Kier alpha value is -1.32. The second-order valence-electron chi connectivity index (χ2n) is 3.07. The van der Waals surface area contributed by atoms with Crippen molar-refractivity contribution in [1.82, 2.24) is 10.2 Å². The summed E-state index contributed by atoms with van der Waals surface area (Å²) in [4.78, 5) is 2.19. The van der Waals surface area contributed by atoms with Crippen molar-refractivity contribution in [2.45, 2.75) is 6.92 Å². The van der Waals surface area contributed by atoms with Gasteiger partial charge in [-0.15, -0.1) is 5.10 Å². The molecule has 0 aliphatic carbocycles. The number of anilines is 2. The van der Waals surface area contributed by atoms with Gasteiger partial charge >= 0.3 is 0 Å². The van der Waals surface area contributed by atoms with E-state index in [0.717, 1.165) is 30.3 Å². The molecule has 4 heteroatoms. The quantitative estimate of drug-likeness (QED) is 0.611. The Balaban J connectivity index is 2.47. The molecule has 4 nitrogen and oxygen atoms in total. The number of hydrogen-bond acceptors (Lipinski definition) is 4. The van der Waals surface area contributed by atoms with E-state index in [1.165, 1.54) is 0 Å². The maximum atomic E-state index is 4.07. The number of hydrogen-bond donors (Lipinski definition) is 1. The van der Waals surface area contributed by atoms with Crippen molar-refractivity contribution < 1.29 is 0 Å². The molecule has 0 spiro atoms. The Morgan fingerprint density at radius 3 is 3.17 bits per heavy atom.